The second-order valence-corrected chi connectivity index (χ2v) is 5.68. The average molecular weight is 251 g/mol. The van der Waals surface area contributed by atoms with Crippen molar-refractivity contribution in [2.24, 2.45) is 16.6 Å². The minimum atomic E-state index is -0.214. The van der Waals surface area contributed by atoms with E-state index in [1.807, 2.05) is 18.4 Å². The van der Waals surface area contributed by atoms with Crippen LogP contribution < -0.4 is 5.73 Å². The van der Waals surface area contributed by atoms with E-state index in [9.17, 15) is 4.79 Å². The predicted molar refractivity (Wildman–Crippen MR) is 70.4 cm³/mol. The molecule has 2 rings (SSSR count). The van der Waals surface area contributed by atoms with Gasteiger partial charge in [-0.1, -0.05) is 13.8 Å². The molecule has 1 unspecified atom stereocenters. The van der Waals surface area contributed by atoms with Crippen LogP contribution in [-0.2, 0) is 0 Å². The van der Waals surface area contributed by atoms with Gasteiger partial charge in [-0.2, -0.15) is 4.99 Å². The maximum absolute atomic E-state index is 11.8. The highest BCUT2D eigenvalue weighted by Gasteiger charge is 2.36. The molecule has 1 atom stereocenters. The number of rotatable bonds is 3. The van der Waals surface area contributed by atoms with E-state index in [0.717, 1.165) is 4.88 Å². The molecule has 1 aliphatic rings. The van der Waals surface area contributed by atoms with Crippen molar-refractivity contribution in [2.75, 3.05) is 6.54 Å². The summed E-state index contributed by atoms with van der Waals surface area (Å²) in [5.74, 6) is 0.823. The van der Waals surface area contributed by atoms with Crippen LogP contribution in [0.3, 0.4) is 0 Å². The van der Waals surface area contributed by atoms with Gasteiger partial charge in [-0.15, -0.1) is 11.3 Å². The van der Waals surface area contributed by atoms with E-state index in [4.69, 9.17) is 5.73 Å². The normalized spacial score (nSPS) is 20.2. The van der Waals surface area contributed by atoms with Gasteiger partial charge in [0, 0.05) is 11.4 Å². The second-order valence-electron chi connectivity index (χ2n) is 4.74. The van der Waals surface area contributed by atoms with Crippen LogP contribution in [0.15, 0.2) is 16.4 Å². The van der Waals surface area contributed by atoms with Crippen molar-refractivity contribution in [3.8, 4) is 0 Å². The van der Waals surface area contributed by atoms with Gasteiger partial charge in [-0.3, -0.25) is 0 Å². The Bertz CT molecular complexity index is 464. The van der Waals surface area contributed by atoms with Gasteiger partial charge in [0.15, 0.2) is 0 Å². The zero-order valence-corrected chi connectivity index (χ0v) is 11.1. The Balaban J connectivity index is 2.33. The number of thiophene rings is 1. The number of hydrogen-bond donors (Lipinski definition) is 1. The molecule has 2 N–H and O–H groups in total. The highest BCUT2D eigenvalue weighted by atomic mass is 32.1. The predicted octanol–water partition coefficient (Wildman–Crippen LogP) is 2.55. The Morgan fingerprint density at radius 2 is 2.29 bits per heavy atom. The fraction of sp³-hybridized carbons (Fsp3) is 0.500. The van der Waals surface area contributed by atoms with Gasteiger partial charge in [-0.05, 0) is 29.9 Å². The SMILES string of the molecule is Cc1ccsc1C1C(N)=NC(=O)N1CC(C)C. The van der Waals surface area contributed by atoms with Gasteiger partial charge in [-0.25, -0.2) is 4.79 Å². The van der Waals surface area contributed by atoms with Gasteiger partial charge < -0.3 is 10.6 Å². The summed E-state index contributed by atoms with van der Waals surface area (Å²) in [5.41, 5.74) is 7.06. The van der Waals surface area contributed by atoms with Gasteiger partial charge in [0.2, 0.25) is 0 Å². The molecule has 0 spiro atoms. The maximum Gasteiger partial charge on any atom is 0.346 e. The molecule has 92 valence electrons. The Kier molecular flexibility index (Phi) is 3.19. The molecule has 2 amide bonds. The number of nitrogens with two attached hydrogens (primary N) is 1. The Morgan fingerprint density at radius 3 is 2.82 bits per heavy atom. The highest BCUT2D eigenvalue weighted by molar-refractivity contribution is 7.10. The van der Waals surface area contributed by atoms with Crippen LogP contribution in [0.25, 0.3) is 0 Å². The lowest BCUT2D eigenvalue weighted by Crippen LogP contribution is -2.35. The molecule has 0 saturated carbocycles. The maximum atomic E-state index is 11.8. The first-order chi connectivity index (χ1) is 8.00. The van der Waals surface area contributed by atoms with Crippen molar-refractivity contribution in [1.82, 2.24) is 4.90 Å². The summed E-state index contributed by atoms with van der Waals surface area (Å²) in [5, 5.41) is 2.02. The van der Waals surface area contributed by atoms with Crippen molar-refractivity contribution in [3.63, 3.8) is 0 Å². The van der Waals surface area contributed by atoms with E-state index in [1.165, 1.54) is 5.56 Å². The first-order valence-corrected chi connectivity index (χ1v) is 6.57. The van der Waals surface area contributed by atoms with E-state index >= 15 is 0 Å². The summed E-state index contributed by atoms with van der Waals surface area (Å²) in [4.78, 5) is 18.6. The molecule has 0 bridgehead atoms. The second kappa shape index (κ2) is 4.49. The van der Waals surface area contributed by atoms with Crippen molar-refractivity contribution in [3.05, 3.63) is 21.9 Å². The van der Waals surface area contributed by atoms with E-state index in [-0.39, 0.29) is 12.1 Å². The first-order valence-electron chi connectivity index (χ1n) is 5.69. The molecule has 1 aliphatic heterocycles. The molecule has 0 fully saturated rings. The summed E-state index contributed by atoms with van der Waals surface area (Å²) in [7, 11) is 0. The minimum Gasteiger partial charge on any atom is -0.385 e. The molecule has 0 aliphatic carbocycles. The number of nitrogens with zero attached hydrogens (tertiary/aromatic N) is 2. The molecule has 4 nitrogen and oxygen atoms in total. The summed E-state index contributed by atoms with van der Waals surface area (Å²) < 4.78 is 0. The number of carbonyl (C=O) groups excluding carboxylic acids is 1. The third kappa shape index (κ3) is 2.20. The number of carbonyl (C=O) groups is 1. The molecule has 17 heavy (non-hydrogen) atoms. The van der Waals surface area contributed by atoms with Gasteiger partial charge in [0.25, 0.3) is 0 Å². The lowest BCUT2D eigenvalue weighted by Gasteiger charge is -2.25. The molecule has 2 heterocycles. The third-order valence-electron chi connectivity index (χ3n) is 2.77. The Labute approximate surface area is 105 Å². The highest BCUT2D eigenvalue weighted by Crippen LogP contribution is 2.33. The number of hydrogen-bond acceptors (Lipinski definition) is 3. The number of aryl methyl sites for hydroxylation is 1. The van der Waals surface area contributed by atoms with Gasteiger partial charge >= 0.3 is 6.03 Å². The van der Waals surface area contributed by atoms with Crippen LogP contribution in [0.1, 0.15) is 30.3 Å². The standard InChI is InChI=1S/C12H17N3OS/c1-7(2)6-15-9(11(13)14-12(15)16)10-8(3)4-5-17-10/h4-5,7,9H,6H2,1-3H3,(H2,13,14,16). The van der Waals surface area contributed by atoms with Crippen LogP contribution in [0.5, 0.6) is 0 Å². The van der Waals surface area contributed by atoms with E-state index < -0.39 is 0 Å². The number of amidine groups is 1. The number of aliphatic imine (C=N–C) groups is 1. The van der Waals surface area contributed by atoms with E-state index in [2.05, 4.69) is 18.8 Å². The van der Waals surface area contributed by atoms with E-state index in [1.54, 1.807) is 16.2 Å². The van der Waals surface area contributed by atoms with Crippen LogP contribution in [0, 0.1) is 12.8 Å². The zero-order chi connectivity index (χ0) is 12.6. The van der Waals surface area contributed by atoms with Crippen LogP contribution in [0.4, 0.5) is 4.79 Å². The number of urea groups is 1. The monoisotopic (exact) mass is 251 g/mol. The molecule has 5 heteroatoms. The Morgan fingerprint density at radius 1 is 1.59 bits per heavy atom. The Hall–Kier alpha value is -1.36. The first kappa shape index (κ1) is 12.1. The fourth-order valence-electron chi connectivity index (χ4n) is 2.02. The summed E-state index contributed by atoms with van der Waals surface area (Å²) in [6.07, 6.45) is 0. The third-order valence-corrected chi connectivity index (χ3v) is 3.85. The molecule has 0 saturated heterocycles. The molecule has 0 radical (unpaired) electrons. The molecular formula is C12H17N3OS. The van der Waals surface area contributed by atoms with Crippen molar-refractivity contribution < 1.29 is 4.79 Å². The molecule has 1 aromatic rings. The largest absolute Gasteiger partial charge is 0.385 e. The lowest BCUT2D eigenvalue weighted by molar-refractivity contribution is 0.199. The average Bonchev–Trinajstić information content (AvgIpc) is 2.72. The van der Waals surface area contributed by atoms with E-state index in [0.29, 0.717) is 18.3 Å². The summed E-state index contributed by atoms with van der Waals surface area (Å²) in [6, 6.07) is 1.67. The van der Waals surface area contributed by atoms with Crippen LogP contribution in [-0.4, -0.2) is 23.3 Å². The van der Waals surface area contributed by atoms with Crippen molar-refractivity contribution in [1.29, 1.82) is 0 Å². The lowest BCUT2D eigenvalue weighted by atomic mass is 10.1. The summed E-state index contributed by atoms with van der Waals surface area (Å²) >= 11 is 1.63. The topological polar surface area (TPSA) is 58.7 Å². The minimum absolute atomic E-state index is 0.162. The van der Waals surface area contributed by atoms with Gasteiger partial charge in [0.1, 0.15) is 11.9 Å². The fourth-order valence-corrected chi connectivity index (χ4v) is 3.07. The zero-order valence-electron chi connectivity index (χ0n) is 10.3. The van der Waals surface area contributed by atoms with Crippen molar-refractivity contribution in [2.45, 2.75) is 26.8 Å². The van der Waals surface area contributed by atoms with Gasteiger partial charge in [0.05, 0.1) is 0 Å². The summed E-state index contributed by atoms with van der Waals surface area (Å²) in [6.45, 7) is 6.89. The molecular weight excluding hydrogens is 234 g/mol. The molecule has 1 aromatic heterocycles. The van der Waals surface area contributed by atoms with Crippen molar-refractivity contribution >= 4 is 23.2 Å². The van der Waals surface area contributed by atoms with Crippen LogP contribution >= 0.6 is 11.3 Å². The molecule has 0 aromatic carbocycles. The number of amides is 2. The quantitative estimate of drug-likeness (QED) is 0.897. The van der Waals surface area contributed by atoms with Crippen LogP contribution in [0.2, 0.25) is 0 Å². The smallest absolute Gasteiger partial charge is 0.346 e.